The molecule has 0 aliphatic heterocycles. The van der Waals surface area contributed by atoms with Crippen LogP contribution in [0.3, 0.4) is 0 Å². The summed E-state index contributed by atoms with van der Waals surface area (Å²) in [6.45, 7) is 5.05. The average Bonchev–Trinajstić information content (AvgIpc) is 2.78. The van der Waals surface area contributed by atoms with E-state index in [2.05, 4.69) is 0 Å². The number of ether oxygens (including phenoxy) is 3. The number of ketones is 1. The summed E-state index contributed by atoms with van der Waals surface area (Å²) in [5.74, 6) is -1.03. The molecule has 1 aliphatic carbocycles. The van der Waals surface area contributed by atoms with E-state index in [1.807, 2.05) is 0 Å². The van der Waals surface area contributed by atoms with Crippen LogP contribution in [-0.4, -0.2) is 37.2 Å². The summed E-state index contributed by atoms with van der Waals surface area (Å²) in [5, 5.41) is 0. The van der Waals surface area contributed by atoms with Gasteiger partial charge in [-0.3, -0.25) is 4.79 Å². The first kappa shape index (κ1) is 24.2. The number of esters is 1. The first-order valence-corrected chi connectivity index (χ1v) is 10.7. The van der Waals surface area contributed by atoms with Gasteiger partial charge >= 0.3 is 5.97 Å². The number of rotatable bonds is 6. The van der Waals surface area contributed by atoms with E-state index in [0.29, 0.717) is 17.1 Å². The third-order valence-electron chi connectivity index (χ3n) is 5.41. The topological polar surface area (TPSA) is 61.8 Å². The normalized spacial score (nSPS) is 21.0. The van der Waals surface area contributed by atoms with Gasteiger partial charge in [-0.1, -0.05) is 36.4 Å². The smallest absolute Gasteiger partial charge is 0.349 e. The Morgan fingerprint density at radius 3 is 2.03 bits per heavy atom. The molecule has 0 bridgehead atoms. The Labute approximate surface area is 193 Å². The first-order chi connectivity index (χ1) is 15.6. The molecule has 0 saturated carbocycles. The molecular formula is C27H29FO5. The third kappa shape index (κ3) is 5.51. The second kappa shape index (κ2) is 9.61. The van der Waals surface area contributed by atoms with E-state index in [0.717, 1.165) is 5.56 Å². The van der Waals surface area contributed by atoms with Gasteiger partial charge in [-0.25, -0.2) is 9.18 Å². The molecule has 6 heteroatoms. The average molecular weight is 453 g/mol. The number of hydrogen-bond acceptors (Lipinski definition) is 5. The van der Waals surface area contributed by atoms with Crippen LogP contribution >= 0.6 is 0 Å². The molecular weight excluding hydrogens is 423 g/mol. The van der Waals surface area contributed by atoms with Gasteiger partial charge in [-0.2, -0.15) is 0 Å². The van der Waals surface area contributed by atoms with Crippen LogP contribution in [0.4, 0.5) is 4.39 Å². The van der Waals surface area contributed by atoms with E-state index in [1.165, 1.54) is 19.3 Å². The number of carbonyl (C=O) groups is 2. The SMILES string of the molecule is COc1ccc(/C=C/C2=CC(=O)C[C@@H](c3ccc(OC)cc3)[C@@]2(F)C(=O)OC(C)(C)C)cc1. The molecule has 2 aromatic carbocycles. The van der Waals surface area contributed by atoms with Crippen LogP contribution in [0.1, 0.15) is 44.2 Å². The van der Waals surface area contributed by atoms with Crippen molar-refractivity contribution < 1.29 is 28.2 Å². The maximum absolute atomic E-state index is 16.9. The van der Waals surface area contributed by atoms with Gasteiger partial charge in [0.1, 0.15) is 17.1 Å². The molecule has 0 N–H and O–H groups in total. The maximum Gasteiger partial charge on any atom is 0.349 e. The Hall–Kier alpha value is -3.41. The van der Waals surface area contributed by atoms with Crippen molar-refractivity contribution in [3.63, 3.8) is 0 Å². The number of carbonyl (C=O) groups excluding carboxylic acids is 2. The molecule has 0 amide bonds. The monoisotopic (exact) mass is 452 g/mol. The summed E-state index contributed by atoms with van der Waals surface area (Å²) < 4.78 is 32.7. The Bertz CT molecular complexity index is 1060. The molecule has 0 spiro atoms. The number of halogens is 1. The summed E-state index contributed by atoms with van der Waals surface area (Å²) >= 11 is 0. The lowest BCUT2D eigenvalue weighted by atomic mass is 9.71. The molecule has 0 fully saturated rings. The number of alkyl halides is 1. The van der Waals surface area contributed by atoms with E-state index in [4.69, 9.17) is 14.2 Å². The lowest BCUT2D eigenvalue weighted by Crippen LogP contribution is -2.48. The minimum absolute atomic E-state index is 0.0374. The number of hydrogen-bond donors (Lipinski definition) is 0. The van der Waals surface area contributed by atoms with Gasteiger partial charge in [0, 0.05) is 17.9 Å². The van der Waals surface area contributed by atoms with Crippen LogP contribution in [0.5, 0.6) is 11.5 Å². The van der Waals surface area contributed by atoms with E-state index >= 15 is 4.39 Å². The van der Waals surface area contributed by atoms with Gasteiger partial charge in [0.15, 0.2) is 5.78 Å². The Balaban J connectivity index is 2.06. The van der Waals surface area contributed by atoms with Crippen LogP contribution < -0.4 is 9.47 Å². The van der Waals surface area contributed by atoms with Gasteiger partial charge in [0.2, 0.25) is 5.67 Å². The van der Waals surface area contributed by atoms with E-state index in [-0.39, 0.29) is 17.8 Å². The summed E-state index contributed by atoms with van der Waals surface area (Å²) in [6, 6.07) is 13.9. The zero-order chi connectivity index (χ0) is 24.2. The number of allylic oxidation sites excluding steroid dienone is 2. The van der Waals surface area contributed by atoms with Crippen LogP contribution in [0.15, 0.2) is 66.3 Å². The van der Waals surface area contributed by atoms with Crippen molar-refractivity contribution in [3.05, 3.63) is 77.4 Å². The highest BCUT2D eigenvalue weighted by molar-refractivity contribution is 5.99. The number of methoxy groups -OCH3 is 2. The molecule has 0 aromatic heterocycles. The van der Waals surface area contributed by atoms with Gasteiger partial charge in [-0.15, -0.1) is 0 Å². The predicted octanol–water partition coefficient (Wildman–Crippen LogP) is 5.45. The zero-order valence-electron chi connectivity index (χ0n) is 19.6. The molecule has 3 rings (SSSR count). The molecule has 0 heterocycles. The fraction of sp³-hybridized carbons (Fsp3) is 0.333. The minimum atomic E-state index is -2.54. The fourth-order valence-electron chi connectivity index (χ4n) is 3.75. The van der Waals surface area contributed by atoms with Gasteiger partial charge in [0.05, 0.1) is 14.2 Å². The van der Waals surface area contributed by atoms with Crippen molar-refractivity contribution in [2.24, 2.45) is 0 Å². The first-order valence-electron chi connectivity index (χ1n) is 10.7. The Morgan fingerprint density at radius 2 is 1.52 bits per heavy atom. The highest BCUT2D eigenvalue weighted by Gasteiger charge is 2.54. The van der Waals surface area contributed by atoms with Crippen LogP contribution in [0.25, 0.3) is 6.08 Å². The van der Waals surface area contributed by atoms with Crippen molar-refractivity contribution >= 4 is 17.8 Å². The minimum Gasteiger partial charge on any atom is -0.497 e. The van der Waals surface area contributed by atoms with Crippen molar-refractivity contribution in [2.45, 2.75) is 44.4 Å². The Kier molecular flexibility index (Phi) is 7.06. The molecule has 2 aromatic rings. The molecule has 0 radical (unpaired) electrons. The Morgan fingerprint density at radius 1 is 0.970 bits per heavy atom. The maximum atomic E-state index is 16.9. The van der Waals surface area contributed by atoms with Crippen LogP contribution in [-0.2, 0) is 14.3 Å². The molecule has 0 saturated heterocycles. The lowest BCUT2D eigenvalue weighted by molar-refractivity contribution is -0.168. The van der Waals surface area contributed by atoms with Gasteiger partial charge in [0.25, 0.3) is 0 Å². The van der Waals surface area contributed by atoms with Crippen LogP contribution in [0, 0.1) is 0 Å². The van der Waals surface area contributed by atoms with Gasteiger partial charge in [-0.05, 0) is 62.2 Å². The van der Waals surface area contributed by atoms with E-state index in [1.54, 1.807) is 82.5 Å². The van der Waals surface area contributed by atoms with E-state index < -0.39 is 23.2 Å². The summed E-state index contributed by atoms with van der Waals surface area (Å²) in [7, 11) is 3.10. The molecule has 33 heavy (non-hydrogen) atoms. The summed E-state index contributed by atoms with van der Waals surface area (Å²) in [4.78, 5) is 25.8. The van der Waals surface area contributed by atoms with Crippen molar-refractivity contribution in [1.82, 2.24) is 0 Å². The second-order valence-electron chi connectivity index (χ2n) is 8.92. The summed E-state index contributed by atoms with van der Waals surface area (Å²) in [5.41, 5.74) is -2.20. The highest BCUT2D eigenvalue weighted by Crippen LogP contribution is 2.46. The molecule has 0 unspecified atom stereocenters. The fourth-order valence-corrected chi connectivity index (χ4v) is 3.75. The second-order valence-corrected chi connectivity index (χ2v) is 8.92. The van der Waals surface area contributed by atoms with Crippen molar-refractivity contribution in [3.8, 4) is 11.5 Å². The number of benzene rings is 2. The molecule has 1 aliphatic rings. The van der Waals surface area contributed by atoms with E-state index in [9.17, 15) is 9.59 Å². The third-order valence-corrected chi connectivity index (χ3v) is 5.41. The molecule has 2 atom stereocenters. The highest BCUT2D eigenvalue weighted by atomic mass is 19.1. The predicted molar refractivity (Wildman–Crippen MR) is 125 cm³/mol. The van der Waals surface area contributed by atoms with Gasteiger partial charge < -0.3 is 14.2 Å². The summed E-state index contributed by atoms with van der Waals surface area (Å²) in [6.07, 6.45) is 4.18. The largest absolute Gasteiger partial charge is 0.497 e. The zero-order valence-corrected chi connectivity index (χ0v) is 19.6. The van der Waals surface area contributed by atoms with Crippen molar-refractivity contribution in [1.29, 1.82) is 0 Å². The quantitative estimate of drug-likeness (QED) is 0.546. The van der Waals surface area contributed by atoms with Crippen molar-refractivity contribution in [2.75, 3.05) is 14.2 Å². The standard InChI is InChI=1S/C27H29FO5/c1-26(2,3)33-25(30)27(28)20(11-6-18-7-12-22(31-4)13-8-18)16-21(29)17-24(27)19-9-14-23(32-5)15-10-19/h6-16,24H,17H2,1-5H3/b11-6+/t24-,27+/m0/s1. The van der Waals surface area contributed by atoms with Crippen LogP contribution in [0.2, 0.25) is 0 Å². The molecule has 5 nitrogen and oxygen atoms in total. The molecule has 174 valence electrons. The lowest BCUT2D eigenvalue weighted by Gasteiger charge is -2.37.